The van der Waals surface area contributed by atoms with Crippen molar-refractivity contribution < 1.29 is 4.79 Å². The van der Waals surface area contributed by atoms with Crippen LogP contribution in [0.15, 0.2) is 58.7 Å². The number of amidine groups is 1. The third-order valence-electron chi connectivity index (χ3n) is 4.28. The largest absolute Gasteiger partial charge is 0.305 e. The fourth-order valence-corrected chi connectivity index (χ4v) is 3.43. The Kier molecular flexibility index (Phi) is 17.2. The Morgan fingerprint density at radius 2 is 1.60 bits per heavy atom. The smallest absolute Gasteiger partial charge is 0.225 e. The molecule has 0 aromatic rings. The Balaban J connectivity index is 1.89. The molecule has 30 heavy (non-hydrogen) atoms. The summed E-state index contributed by atoms with van der Waals surface area (Å²) < 4.78 is 0. The van der Waals surface area contributed by atoms with E-state index in [4.69, 9.17) is 5.53 Å². The van der Waals surface area contributed by atoms with Crippen molar-refractivity contribution in [1.82, 2.24) is 5.32 Å². The van der Waals surface area contributed by atoms with E-state index >= 15 is 0 Å². The highest BCUT2D eigenvalue weighted by Gasteiger charge is 2.09. The van der Waals surface area contributed by atoms with Gasteiger partial charge >= 0.3 is 0 Å². The first-order chi connectivity index (χ1) is 14.8. The molecular formula is C23H35N5OS. The van der Waals surface area contributed by atoms with Gasteiger partial charge in [-0.25, -0.2) is 0 Å². The van der Waals surface area contributed by atoms with E-state index in [0.29, 0.717) is 13.0 Å². The lowest BCUT2D eigenvalue weighted by molar-refractivity contribution is -0.119. The first kappa shape index (κ1) is 25.8. The molecule has 0 bridgehead atoms. The molecule has 1 aliphatic heterocycles. The number of carbonyl (C=O) groups excluding carboxylic acids is 1. The summed E-state index contributed by atoms with van der Waals surface area (Å²) >= 11 is 1.62. The molecule has 1 heterocycles. The molecule has 0 atom stereocenters. The second-order valence-electron chi connectivity index (χ2n) is 6.87. The van der Waals surface area contributed by atoms with Crippen LogP contribution in [0.25, 0.3) is 10.4 Å². The number of hydrogen-bond donors (Lipinski definition) is 1. The fraction of sp³-hybridized carbons (Fsp3) is 0.565. The maximum absolute atomic E-state index is 11.7. The van der Waals surface area contributed by atoms with Gasteiger partial charge in [0, 0.05) is 23.6 Å². The van der Waals surface area contributed by atoms with Crippen LogP contribution in [0.1, 0.15) is 64.2 Å². The molecule has 0 saturated carbocycles. The van der Waals surface area contributed by atoms with E-state index in [-0.39, 0.29) is 5.91 Å². The third-order valence-corrected chi connectivity index (χ3v) is 5.17. The number of nitrogens with zero attached hydrogens (tertiary/aromatic N) is 4. The quantitative estimate of drug-likeness (QED) is 0.0979. The summed E-state index contributed by atoms with van der Waals surface area (Å²) in [5.41, 5.74) is 8.18. The van der Waals surface area contributed by atoms with E-state index in [1.54, 1.807) is 11.8 Å². The summed E-state index contributed by atoms with van der Waals surface area (Å²) in [5, 5.41) is 7.16. The van der Waals surface area contributed by atoms with Crippen LogP contribution in [0.2, 0.25) is 0 Å². The molecule has 0 unspecified atom stereocenters. The number of thioether (sulfide) groups is 1. The van der Waals surface area contributed by atoms with Gasteiger partial charge in [-0.05, 0) is 56.9 Å². The minimum atomic E-state index is 0.0697. The number of rotatable bonds is 16. The molecule has 0 aromatic heterocycles. The molecule has 0 aliphatic carbocycles. The van der Waals surface area contributed by atoms with Crippen LogP contribution < -0.4 is 5.32 Å². The summed E-state index contributed by atoms with van der Waals surface area (Å²) in [6, 6.07) is 0. The van der Waals surface area contributed by atoms with Gasteiger partial charge in [-0.1, -0.05) is 71.9 Å². The molecule has 1 N–H and O–H groups in total. The van der Waals surface area contributed by atoms with Gasteiger partial charge in [0.05, 0.1) is 6.54 Å². The Bertz CT molecular complexity index is 661. The van der Waals surface area contributed by atoms with Gasteiger partial charge in [0.2, 0.25) is 5.91 Å². The van der Waals surface area contributed by atoms with E-state index in [1.165, 1.54) is 0 Å². The second kappa shape index (κ2) is 20.0. The number of aliphatic imine (C=N–C) groups is 1. The van der Waals surface area contributed by atoms with Gasteiger partial charge in [0.1, 0.15) is 0 Å². The minimum absolute atomic E-state index is 0.0697. The van der Waals surface area contributed by atoms with Crippen molar-refractivity contribution in [2.75, 3.05) is 18.8 Å². The predicted octanol–water partition coefficient (Wildman–Crippen LogP) is 6.64. The summed E-state index contributed by atoms with van der Waals surface area (Å²) in [6.45, 7) is 1.42. The Morgan fingerprint density at radius 1 is 0.967 bits per heavy atom. The lowest BCUT2D eigenvalue weighted by Gasteiger charge is -2.02. The van der Waals surface area contributed by atoms with Crippen molar-refractivity contribution in [3.63, 3.8) is 0 Å². The second-order valence-corrected chi connectivity index (χ2v) is 7.96. The topological polar surface area (TPSA) is 90.2 Å². The average Bonchev–Trinajstić information content (AvgIpc) is 3.25. The molecule has 0 spiro atoms. The molecule has 0 saturated heterocycles. The highest BCUT2D eigenvalue weighted by molar-refractivity contribution is 8.14. The molecule has 6 nitrogen and oxygen atoms in total. The first-order valence-electron chi connectivity index (χ1n) is 10.9. The molecule has 7 heteroatoms. The summed E-state index contributed by atoms with van der Waals surface area (Å²) in [7, 11) is 0. The zero-order valence-corrected chi connectivity index (χ0v) is 18.7. The van der Waals surface area contributed by atoms with Gasteiger partial charge in [-0.2, -0.15) is 0 Å². The van der Waals surface area contributed by atoms with Gasteiger partial charge in [0.25, 0.3) is 0 Å². The molecule has 1 rings (SSSR count). The zero-order chi connectivity index (χ0) is 21.5. The molecule has 0 aromatic carbocycles. The Morgan fingerprint density at radius 3 is 2.20 bits per heavy atom. The maximum Gasteiger partial charge on any atom is 0.225 e. The lowest BCUT2D eigenvalue weighted by Crippen LogP contribution is -2.26. The highest BCUT2D eigenvalue weighted by atomic mass is 32.2. The lowest BCUT2D eigenvalue weighted by atomic mass is 10.2. The maximum atomic E-state index is 11.7. The van der Waals surface area contributed by atoms with Crippen molar-refractivity contribution in [2.45, 2.75) is 64.2 Å². The van der Waals surface area contributed by atoms with Gasteiger partial charge in [0.15, 0.2) is 5.17 Å². The van der Waals surface area contributed by atoms with Crippen molar-refractivity contribution in [3.05, 3.63) is 59.1 Å². The van der Waals surface area contributed by atoms with Gasteiger partial charge in [-0.15, -0.1) is 0 Å². The number of unbranched alkanes of at least 4 members (excludes halogenated alkanes) is 4. The van der Waals surface area contributed by atoms with Gasteiger partial charge in [-0.3, -0.25) is 9.79 Å². The van der Waals surface area contributed by atoms with E-state index in [1.807, 2.05) is 0 Å². The normalized spacial score (nSPS) is 14.2. The Hall–Kier alpha value is -2.24. The number of nitrogens with one attached hydrogen (secondary N) is 1. The van der Waals surface area contributed by atoms with Crippen LogP contribution in [0.5, 0.6) is 0 Å². The molecule has 0 radical (unpaired) electrons. The molecule has 164 valence electrons. The summed E-state index contributed by atoms with van der Waals surface area (Å²) in [5.74, 6) is 1.04. The SMILES string of the molecule is [N-]=[N+]=NCCCCCC=CCC=CCC=CCC=CCCCC(=O)NC1=NCCS1. The predicted molar refractivity (Wildman–Crippen MR) is 130 cm³/mol. The van der Waals surface area contributed by atoms with Crippen molar-refractivity contribution >= 4 is 22.8 Å². The molecule has 1 amide bonds. The van der Waals surface area contributed by atoms with Crippen LogP contribution in [-0.2, 0) is 4.79 Å². The van der Waals surface area contributed by atoms with Crippen LogP contribution in [0, 0.1) is 0 Å². The number of azide groups is 1. The van der Waals surface area contributed by atoms with Crippen molar-refractivity contribution in [3.8, 4) is 0 Å². The molecule has 1 aliphatic rings. The molecular weight excluding hydrogens is 394 g/mol. The fourth-order valence-electron chi connectivity index (χ4n) is 2.69. The standard InChI is InChI=1S/C23H35N5OS/c24-28-26-19-17-15-13-11-9-7-5-3-1-2-4-6-8-10-12-14-16-18-22(29)27-23-25-20-21-30-23/h1,3-4,6-7,9-10,12H,2,5,8,11,13-21H2,(H,25,27,29). The minimum Gasteiger partial charge on any atom is -0.305 e. The Labute approximate surface area is 185 Å². The highest BCUT2D eigenvalue weighted by Crippen LogP contribution is 2.09. The summed E-state index contributed by atoms with van der Waals surface area (Å²) in [4.78, 5) is 18.7. The monoisotopic (exact) mass is 429 g/mol. The van der Waals surface area contributed by atoms with E-state index < -0.39 is 0 Å². The zero-order valence-electron chi connectivity index (χ0n) is 17.9. The first-order valence-corrected chi connectivity index (χ1v) is 11.9. The van der Waals surface area contributed by atoms with Gasteiger partial charge < -0.3 is 5.32 Å². The number of allylic oxidation sites excluding steroid dienone is 8. The van der Waals surface area contributed by atoms with Crippen LogP contribution in [0.4, 0.5) is 0 Å². The van der Waals surface area contributed by atoms with Crippen LogP contribution in [0.3, 0.4) is 0 Å². The van der Waals surface area contributed by atoms with E-state index in [9.17, 15) is 4.79 Å². The third kappa shape index (κ3) is 16.7. The average molecular weight is 430 g/mol. The van der Waals surface area contributed by atoms with Crippen molar-refractivity contribution in [2.24, 2.45) is 10.1 Å². The van der Waals surface area contributed by atoms with Crippen LogP contribution in [-0.4, -0.2) is 29.9 Å². The number of hydrogen-bond acceptors (Lipinski definition) is 4. The summed E-state index contributed by atoms with van der Waals surface area (Å²) in [6.07, 6.45) is 27.0. The molecule has 0 fully saturated rings. The number of carbonyl (C=O) groups is 1. The number of amides is 1. The van der Waals surface area contributed by atoms with E-state index in [2.05, 4.69) is 68.9 Å². The van der Waals surface area contributed by atoms with E-state index in [0.717, 1.165) is 75.3 Å². The van der Waals surface area contributed by atoms with Crippen molar-refractivity contribution in [1.29, 1.82) is 0 Å². The van der Waals surface area contributed by atoms with Crippen LogP contribution >= 0.6 is 11.8 Å².